The molecule has 4 N–H and O–H groups in total. The summed E-state index contributed by atoms with van der Waals surface area (Å²) in [6.45, 7) is 1.75. The number of carbonyl (C=O) groups is 2. The van der Waals surface area contributed by atoms with Gasteiger partial charge in [-0.3, -0.25) is 9.59 Å². The molecule has 6 heteroatoms. The standard InChI is InChI=1S/C19H23N3O2.ClH/c1-14(15-8-4-2-5-9-15)22(13-18(21)23)19(24)12-17(20)16-10-6-3-7-11-16;/h2-11,14,17H,12-13,20H2,1H3,(H2,21,23);1H/t14-,17?;/m1./s1. The predicted octanol–water partition coefficient (Wildman–Crippen LogP) is 2.57. The van der Waals surface area contributed by atoms with Crippen molar-refractivity contribution >= 4 is 24.2 Å². The van der Waals surface area contributed by atoms with Crippen molar-refractivity contribution in [3.63, 3.8) is 0 Å². The fourth-order valence-corrected chi connectivity index (χ4v) is 2.64. The molecule has 0 radical (unpaired) electrons. The third-order valence-electron chi connectivity index (χ3n) is 4.02. The van der Waals surface area contributed by atoms with E-state index < -0.39 is 11.9 Å². The third-order valence-corrected chi connectivity index (χ3v) is 4.02. The van der Waals surface area contributed by atoms with Crippen LogP contribution in [0.25, 0.3) is 0 Å². The van der Waals surface area contributed by atoms with Crippen molar-refractivity contribution in [3.8, 4) is 0 Å². The number of carbonyl (C=O) groups excluding carboxylic acids is 2. The van der Waals surface area contributed by atoms with Crippen LogP contribution in [0.15, 0.2) is 60.7 Å². The Balaban J connectivity index is 0.00000312. The van der Waals surface area contributed by atoms with E-state index in [1.54, 1.807) is 0 Å². The minimum absolute atomic E-state index is 0. The quantitative estimate of drug-likeness (QED) is 0.794. The summed E-state index contributed by atoms with van der Waals surface area (Å²) >= 11 is 0. The smallest absolute Gasteiger partial charge is 0.237 e. The Kier molecular flexibility index (Phi) is 8.11. The zero-order valence-corrected chi connectivity index (χ0v) is 15.0. The van der Waals surface area contributed by atoms with E-state index in [-0.39, 0.29) is 37.3 Å². The number of hydrogen-bond donors (Lipinski definition) is 2. The Morgan fingerprint density at radius 2 is 1.44 bits per heavy atom. The molecule has 2 aromatic carbocycles. The molecule has 0 aliphatic carbocycles. The van der Waals surface area contributed by atoms with Crippen LogP contribution in [0, 0.1) is 0 Å². The maximum absolute atomic E-state index is 12.7. The number of benzene rings is 2. The Hall–Kier alpha value is -2.37. The summed E-state index contributed by atoms with van der Waals surface area (Å²) in [5.41, 5.74) is 13.3. The van der Waals surface area contributed by atoms with Gasteiger partial charge in [0.15, 0.2) is 0 Å². The number of primary amides is 1. The fraction of sp³-hybridized carbons (Fsp3) is 0.263. The first-order chi connectivity index (χ1) is 11.5. The van der Waals surface area contributed by atoms with Gasteiger partial charge < -0.3 is 16.4 Å². The Morgan fingerprint density at radius 3 is 1.92 bits per heavy atom. The highest BCUT2D eigenvalue weighted by molar-refractivity contribution is 5.85. The first-order valence-corrected chi connectivity index (χ1v) is 7.92. The maximum Gasteiger partial charge on any atom is 0.237 e. The van der Waals surface area contributed by atoms with Crippen molar-refractivity contribution in [3.05, 3.63) is 71.8 Å². The minimum atomic E-state index is -0.542. The van der Waals surface area contributed by atoms with Gasteiger partial charge in [0.2, 0.25) is 11.8 Å². The topological polar surface area (TPSA) is 89.4 Å². The molecule has 0 aliphatic rings. The summed E-state index contributed by atoms with van der Waals surface area (Å²) in [7, 11) is 0. The number of amides is 2. The highest BCUT2D eigenvalue weighted by Gasteiger charge is 2.25. The lowest BCUT2D eigenvalue weighted by molar-refractivity contribution is -0.137. The maximum atomic E-state index is 12.7. The van der Waals surface area contributed by atoms with E-state index in [1.165, 1.54) is 4.90 Å². The number of hydrogen-bond acceptors (Lipinski definition) is 3. The van der Waals surface area contributed by atoms with Gasteiger partial charge in [0.25, 0.3) is 0 Å². The average Bonchev–Trinajstić information content (AvgIpc) is 2.60. The highest BCUT2D eigenvalue weighted by atomic mass is 35.5. The normalized spacial score (nSPS) is 12.6. The van der Waals surface area contributed by atoms with Crippen molar-refractivity contribution < 1.29 is 9.59 Å². The second-order valence-electron chi connectivity index (χ2n) is 5.80. The SMILES string of the molecule is C[C@H](c1ccccc1)N(CC(N)=O)C(=O)CC(N)c1ccccc1.Cl. The minimum Gasteiger partial charge on any atom is -0.368 e. The molecule has 2 amide bonds. The van der Waals surface area contributed by atoms with Crippen LogP contribution in [-0.2, 0) is 9.59 Å². The van der Waals surface area contributed by atoms with E-state index in [0.717, 1.165) is 11.1 Å². The lowest BCUT2D eigenvalue weighted by Crippen LogP contribution is -2.41. The van der Waals surface area contributed by atoms with Crippen molar-refractivity contribution in [2.75, 3.05) is 6.54 Å². The summed E-state index contributed by atoms with van der Waals surface area (Å²) in [6.07, 6.45) is 0.120. The van der Waals surface area contributed by atoms with Gasteiger partial charge >= 0.3 is 0 Å². The zero-order chi connectivity index (χ0) is 17.5. The summed E-state index contributed by atoms with van der Waals surface area (Å²) < 4.78 is 0. The van der Waals surface area contributed by atoms with Gasteiger partial charge in [0, 0.05) is 12.5 Å². The zero-order valence-electron chi connectivity index (χ0n) is 14.2. The number of halogens is 1. The van der Waals surface area contributed by atoms with E-state index in [2.05, 4.69) is 0 Å². The fourth-order valence-electron chi connectivity index (χ4n) is 2.64. The summed E-state index contributed by atoms with van der Waals surface area (Å²) in [6, 6.07) is 18.3. The lowest BCUT2D eigenvalue weighted by atomic mass is 10.0. The van der Waals surface area contributed by atoms with Crippen LogP contribution in [0.3, 0.4) is 0 Å². The molecule has 0 spiro atoms. The molecule has 2 atom stereocenters. The highest BCUT2D eigenvalue weighted by Crippen LogP contribution is 2.23. The van der Waals surface area contributed by atoms with Crippen LogP contribution in [0.2, 0.25) is 0 Å². The van der Waals surface area contributed by atoms with Gasteiger partial charge in [-0.15, -0.1) is 12.4 Å². The first kappa shape index (κ1) is 20.7. The molecular formula is C19H24ClN3O2. The molecule has 1 unspecified atom stereocenters. The average molecular weight is 362 g/mol. The van der Waals surface area contributed by atoms with Gasteiger partial charge in [0.1, 0.15) is 0 Å². The van der Waals surface area contributed by atoms with E-state index in [1.807, 2.05) is 67.6 Å². The van der Waals surface area contributed by atoms with Gasteiger partial charge in [0.05, 0.1) is 12.6 Å². The molecule has 2 aromatic rings. The van der Waals surface area contributed by atoms with E-state index in [9.17, 15) is 9.59 Å². The number of nitrogens with zero attached hydrogens (tertiary/aromatic N) is 1. The molecule has 0 heterocycles. The monoisotopic (exact) mass is 361 g/mol. The van der Waals surface area contributed by atoms with Crippen LogP contribution in [-0.4, -0.2) is 23.3 Å². The van der Waals surface area contributed by atoms with Crippen LogP contribution in [0.1, 0.15) is 36.6 Å². The van der Waals surface area contributed by atoms with Crippen LogP contribution < -0.4 is 11.5 Å². The van der Waals surface area contributed by atoms with Crippen molar-refractivity contribution in [2.45, 2.75) is 25.4 Å². The third kappa shape index (κ3) is 5.89. The van der Waals surface area contributed by atoms with Crippen molar-refractivity contribution in [1.29, 1.82) is 0 Å². The Bertz CT molecular complexity index is 680. The summed E-state index contributed by atoms with van der Waals surface area (Å²) in [4.78, 5) is 25.6. The molecule has 134 valence electrons. The molecule has 5 nitrogen and oxygen atoms in total. The number of rotatable bonds is 7. The molecule has 0 fully saturated rings. The molecule has 0 aliphatic heterocycles. The van der Waals surface area contributed by atoms with Crippen LogP contribution in [0.5, 0.6) is 0 Å². The molecule has 2 rings (SSSR count). The Labute approximate surface area is 154 Å². The van der Waals surface area contributed by atoms with E-state index in [0.29, 0.717) is 0 Å². The van der Waals surface area contributed by atoms with Gasteiger partial charge in [-0.05, 0) is 18.1 Å². The van der Waals surface area contributed by atoms with Crippen molar-refractivity contribution in [2.24, 2.45) is 11.5 Å². The lowest BCUT2D eigenvalue weighted by Gasteiger charge is -2.29. The van der Waals surface area contributed by atoms with Crippen LogP contribution >= 0.6 is 12.4 Å². The van der Waals surface area contributed by atoms with E-state index >= 15 is 0 Å². The van der Waals surface area contributed by atoms with Crippen molar-refractivity contribution in [1.82, 2.24) is 4.90 Å². The number of nitrogens with two attached hydrogens (primary N) is 2. The predicted molar refractivity (Wildman–Crippen MR) is 101 cm³/mol. The molecule has 0 saturated carbocycles. The summed E-state index contributed by atoms with van der Waals surface area (Å²) in [5.74, 6) is -0.735. The molecule has 25 heavy (non-hydrogen) atoms. The second kappa shape index (κ2) is 9.81. The first-order valence-electron chi connectivity index (χ1n) is 7.92. The van der Waals surface area contributed by atoms with Gasteiger partial charge in [-0.1, -0.05) is 60.7 Å². The summed E-state index contributed by atoms with van der Waals surface area (Å²) in [5, 5.41) is 0. The molecular weight excluding hydrogens is 338 g/mol. The van der Waals surface area contributed by atoms with E-state index in [4.69, 9.17) is 11.5 Å². The largest absolute Gasteiger partial charge is 0.368 e. The molecule has 0 aromatic heterocycles. The van der Waals surface area contributed by atoms with Gasteiger partial charge in [-0.25, -0.2) is 0 Å². The molecule has 0 bridgehead atoms. The second-order valence-corrected chi connectivity index (χ2v) is 5.80. The van der Waals surface area contributed by atoms with Gasteiger partial charge in [-0.2, -0.15) is 0 Å². The Morgan fingerprint density at radius 1 is 0.960 bits per heavy atom. The molecule has 0 saturated heterocycles. The van der Waals surface area contributed by atoms with Crippen LogP contribution in [0.4, 0.5) is 0 Å².